The van der Waals surface area contributed by atoms with E-state index in [1.54, 1.807) is 0 Å². The van der Waals surface area contributed by atoms with Crippen molar-refractivity contribution in [3.8, 4) is 0 Å². The summed E-state index contributed by atoms with van der Waals surface area (Å²) < 4.78 is 4.83. The van der Waals surface area contributed by atoms with Crippen molar-refractivity contribution in [1.82, 2.24) is 0 Å². The Balaban J connectivity index is 2.22. The maximum absolute atomic E-state index is 9.91. The van der Waals surface area contributed by atoms with Crippen molar-refractivity contribution < 1.29 is 9.53 Å². The van der Waals surface area contributed by atoms with E-state index >= 15 is 0 Å². The predicted molar refractivity (Wildman–Crippen MR) is 25.0 cm³/mol. The number of hydrogen-bond donors (Lipinski definition) is 0. The molecule has 0 N–H and O–H groups in total. The number of epoxide rings is 1. The molecule has 0 aromatic rings. The third kappa shape index (κ3) is 0.996. The van der Waals surface area contributed by atoms with Crippen LogP contribution in [0.3, 0.4) is 0 Å². The molecule has 1 fully saturated rings. The molecule has 1 heterocycles. The molecule has 0 radical (unpaired) electrons. The van der Waals surface area contributed by atoms with Gasteiger partial charge in [0, 0.05) is 5.92 Å². The van der Waals surface area contributed by atoms with Crippen LogP contribution in [-0.4, -0.2) is 19.0 Å². The van der Waals surface area contributed by atoms with Gasteiger partial charge in [0.25, 0.3) is 0 Å². The van der Waals surface area contributed by atoms with Crippen molar-refractivity contribution >= 4 is 6.29 Å². The molecule has 1 aliphatic heterocycles. The Hall–Kier alpha value is -0.370. The summed E-state index contributed by atoms with van der Waals surface area (Å²) in [6.07, 6.45) is 1.18. The topological polar surface area (TPSA) is 29.6 Å². The van der Waals surface area contributed by atoms with Crippen LogP contribution in [0.25, 0.3) is 0 Å². The van der Waals surface area contributed by atoms with Gasteiger partial charge in [0.05, 0.1) is 12.7 Å². The lowest BCUT2D eigenvalue weighted by Gasteiger charge is -1.89. The highest BCUT2D eigenvalue weighted by atomic mass is 16.6. The number of ether oxygens (including phenoxy) is 1. The third-order valence-electron chi connectivity index (χ3n) is 1.16. The maximum Gasteiger partial charge on any atom is 0.125 e. The lowest BCUT2D eigenvalue weighted by atomic mass is 10.1. The van der Waals surface area contributed by atoms with Crippen LogP contribution in [0, 0.1) is 5.92 Å². The molecule has 40 valence electrons. The fraction of sp³-hybridized carbons (Fsp3) is 0.800. The van der Waals surface area contributed by atoms with E-state index in [2.05, 4.69) is 0 Å². The Bertz CT molecular complexity index is 76.1. The molecule has 1 saturated heterocycles. The highest BCUT2D eigenvalue weighted by molar-refractivity contribution is 5.54. The van der Waals surface area contributed by atoms with E-state index in [1.165, 1.54) is 0 Å². The minimum absolute atomic E-state index is 0.111. The summed E-state index contributed by atoms with van der Waals surface area (Å²) >= 11 is 0. The largest absolute Gasteiger partial charge is 0.372 e. The lowest BCUT2D eigenvalue weighted by Crippen LogP contribution is -2.02. The number of aldehydes is 1. The predicted octanol–water partition coefficient (Wildman–Crippen LogP) is 0.220. The van der Waals surface area contributed by atoms with E-state index in [1.807, 2.05) is 6.92 Å². The average Bonchev–Trinajstić information content (AvgIpc) is 2.44. The van der Waals surface area contributed by atoms with Gasteiger partial charge in [-0.25, -0.2) is 0 Å². The fourth-order valence-corrected chi connectivity index (χ4v) is 0.447. The van der Waals surface area contributed by atoms with Crippen LogP contribution in [0.1, 0.15) is 6.92 Å². The summed E-state index contributed by atoms with van der Waals surface area (Å²) in [6, 6.07) is 0. The monoisotopic (exact) mass is 100 g/mol. The van der Waals surface area contributed by atoms with Crippen LogP contribution in [-0.2, 0) is 9.53 Å². The van der Waals surface area contributed by atoms with Crippen molar-refractivity contribution in [2.24, 2.45) is 5.92 Å². The van der Waals surface area contributed by atoms with Crippen LogP contribution in [0.2, 0.25) is 0 Å². The quantitative estimate of drug-likeness (QED) is 0.367. The summed E-state index contributed by atoms with van der Waals surface area (Å²) in [5.41, 5.74) is 0. The summed E-state index contributed by atoms with van der Waals surface area (Å²) in [4.78, 5) is 9.91. The van der Waals surface area contributed by atoms with Gasteiger partial charge in [0.2, 0.25) is 0 Å². The van der Waals surface area contributed by atoms with Gasteiger partial charge in [0.1, 0.15) is 6.29 Å². The summed E-state index contributed by atoms with van der Waals surface area (Å²) in [6.45, 7) is 2.64. The van der Waals surface area contributed by atoms with Gasteiger partial charge in [-0.15, -0.1) is 0 Å². The van der Waals surface area contributed by atoms with Gasteiger partial charge in [-0.3, -0.25) is 0 Å². The van der Waals surface area contributed by atoms with Crippen molar-refractivity contribution in [2.75, 3.05) is 6.61 Å². The number of carbonyl (C=O) groups excluding carboxylic acids is 1. The Kier molecular flexibility index (Phi) is 1.11. The van der Waals surface area contributed by atoms with Crippen molar-refractivity contribution in [3.63, 3.8) is 0 Å². The minimum atomic E-state index is 0.111. The average molecular weight is 100 g/mol. The summed E-state index contributed by atoms with van der Waals surface area (Å²) in [5, 5.41) is 0. The van der Waals surface area contributed by atoms with E-state index in [0.717, 1.165) is 12.9 Å². The molecule has 0 saturated carbocycles. The zero-order valence-corrected chi connectivity index (χ0v) is 4.26. The molecule has 0 aromatic heterocycles. The van der Waals surface area contributed by atoms with E-state index in [0.29, 0.717) is 0 Å². The first-order valence-electron chi connectivity index (χ1n) is 2.41. The van der Waals surface area contributed by atoms with Crippen molar-refractivity contribution in [2.45, 2.75) is 13.0 Å². The molecule has 2 atom stereocenters. The van der Waals surface area contributed by atoms with Gasteiger partial charge < -0.3 is 9.53 Å². The SMILES string of the molecule is CC(C=O)C1CO1. The van der Waals surface area contributed by atoms with Gasteiger partial charge in [0.15, 0.2) is 0 Å². The summed E-state index contributed by atoms with van der Waals surface area (Å²) in [5.74, 6) is 0.111. The van der Waals surface area contributed by atoms with E-state index in [9.17, 15) is 4.79 Å². The van der Waals surface area contributed by atoms with Gasteiger partial charge in [-0.05, 0) is 0 Å². The second kappa shape index (κ2) is 1.62. The normalized spacial score (nSPS) is 31.9. The Morgan fingerprint density at radius 1 is 2.00 bits per heavy atom. The molecule has 1 rings (SSSR count). The van der Waals surface area contributed by atoms with Crippen LogP contribution >= 0.6 is 0 Å². The van der Waals surface area contributed by atoms with Gasteiger partial charge in [-0.1, -0.05) is 6.92 Å². The van der Waals surface area contributed by atoms with E-state index in [-0.39, 0.29) is 12.0 Å². The molecule has 7 heavy (non-hydrogen) atoms. The van der Waals surface area contributed by atoms with Crippen molar-refractivity contribution in [3.05, 3.63) is 0 Å². The number of hydrogen-bond acceptors (Lipinski definition) is 2. The van der Waals surface area contributed by atoms with Crippen LogP contribution in [0.15, 0.2) is 0 Å². The zero-order valence-electron chi connectivity index (χ0n) is 4.26. The second-order valence-electron chi connectivity index (χ2n) is 1.87. The zero-order chi connectivity index (χ0) is 5.28. The van der Waals surface area contributed by atoms with E-state index in [4.69, 9.17) is 4.74 Å². The second-order valence-corrected chi connectivity index (χ2v) is 1.87. The molecule has 1 aliphatic rings. The van der Waals surface area contributed by atoms with Crippen LogP contribution in [0.4, 0.5) is 0 Å². The number of rotatable bonds is 2. The van der Waals surface area contributed by atoms with E-state index < -0.39 is 0 Å². The molecular weight excluding hydrogens is 92.1 g/mol. The minimum Gasteiger partial charge on any atom is -0.372 e. The maximum atomic E-state index is 9.91. The Morgan fingerprint density at radius 2 is 2.57 bits per heavy atom. The van der Waals surface area contributed by atoms with Gasteiger partial charge in [-0.2, -0.15) is 0 Å². The molecular formula is C5H8O2. The highest BCUT2D eigenvalue weighted by Gasteiger charge is 2.28. The Labute approximate surface area is 42.5 Å². The first-order chi connectivity index (χ1) is 3.34. The molecule has 2 nitrogen and oxygen atoms in total. The number of carbonyl (C=O) groups is 1. The third-order valence-corrected chi connectivity index (χ3v) is 1.16. The molecule has 0 aromatic carbocycles. The molecule has 0 amide bonds. The first-order valence-corrected chi connectivity index (χ1v) is 2.41. The molecule has 2 unspecified atom stereocenters. The fourth-order valence-electron chi connectivity index (χ4n) is 0.447. The highest BCUT2D eigenvalue weighted by Crippen LogP contribution is 2.16. The lowest BCUT2D eigenvalue weighted by molar-refractivity contribution is -0.111. The van der Waals surface area contributed by atoms with Crippen LogP contribution in [0.5, 0.6) is 0 Å². The smallest absolute Gasteiger partial charge is 0.125 e. The first kappa shape index (κ1) is 4.78. The summed E-state index contributed by atoms with van der Waals surface area (Å²) in [7, 11) is 0. The molecule has 0 spiro atoms. The molecule has 2 heteroatoms. The molecule has 0 bridgehead atoms. The van der Waals surface area contributed by atoms with Crippen LogP contribution < -0.4 is 0 Å². The Morgan fingerprint density at radius 3 is 2.71 bits per heavy atom. The van der Waals surface area contributed by atoms with Gasteiger partial charge >= 0.3 is 0 Å². The van der Waals surface area contributed by atoms with Crippen molar-refractivity contribution in [1.29, 1.82) is 0 Å². The molecule has 0 aliphatic carbocycles. The standard InChI is InChI=1S/C5H8O2/c1-4(2-6)5-3-7-5/h2,4-5H,3H2,1H3.